The maximum Gasteiger partial charge on any atom is 0.519 e. The van der Waals surface area contributed by atoms with E-state index < -0.39 is 52.5 Å². The van der Waals surface area contributed by atoms with E-state index in [1.807, 2.05) is 0 Å². The fraction of sp³-hybridized carbons (Fsp3) is 0.381. The lowest BCUT2D eigenvalue weighted by Gasteiger charge is -2.51. The van der Waals surface area contributed by atoms with Crippen LogP contribution in [0.5, 0.6) is 0 Å². The quantitative estimate of drug-likeness (QED) is 0.0921. The summed E-state index contributed by atoms with van der Waals surface area (Å²) in [5, 5.41) is 15.1. The number of anilines is 1. The van der Waals surface area contributed by atoms with E-state index in [0.29, 0.717) is 6.21 Å². The molecule has 2 aromatic heterocycles. The van der Waals surface area contributed by atoms with Crippen LogP contribution in [0.3, 0.4) is 0 Å². The second-order valence-electron chi connectivity index (χ2n) is 8.36. The number of nitrogens with two attached hydrogens (primary N) is 1. The molecule has 2 aliphatic rings. The third-order valence-corrected chi connectivity index (χ3v) is 7.97. The summed E-state index contributed by atoms with van der Waals surface area (Å²) in [6.45, 7) is 0.613. The number of hydrogen-bond donors (Lipinski definition) is 3. The van der Waals surface area contributed by atoms with E-state index in [-0.39, 0.29) is 46.9 Å². The van der Waals surface area contributed by atoms with Crippen molar-refractivity contribution in [2.24, 2.45) is 11.1 Å². The van der Waals surface area contributed by atoms with Gasteiger partial charge in [-0.25, -0.2) is 14.6 Å². The first-order valence-corrected chi connectivity index (χ1v) is 12.7. The third kappa shape index (κ3) is 5.77. The smallest absolute Gasteiger partial charge is 0.457 e. The molecule has 3 amide bonds. The fourth-order valence-electron chi connectivity index (χ4n) is 3.73. The molecule has 3 atom stereocenters. The van der Waals surface area contributed by atoms with Crippen molar-refractivity contribution in [1.29, 1.82) is 0 Å². The molecule has 1 saturated heterocycles. The fourth-order valence-corrected chi connectivity index (χ4v) is 6.07. The number of aryl methyl sites for hydroxylation is 1. The average molecular weight is 619 g/mol. The van der Waals surface area contributed by atoms with Gasteiger partial charge in [0.25, 0.3) is 5.91 Å². The van der Waals surface area contributed by atoms with Crippen molar-refractivity contribution in [3.05, 3.63) is 45.0 Å². The highest BCUT2D eigenvalue weighted by Gasteiger charge is 2.60. The molecule has 1 unspecified atom stereocenters. The number of ether oxygens (including phenoxy) is 2. The summed E-state index contributed by atoms with van der Waals surface area (Å²) in [5.41, 5.74) is 6.27. The van der Waals surface area contributed by atoms with Gasteiger partial charge in [0.1, 0.15) is 18.2 Å². The molecular weight excluding hydrogens is 596 g/mol. The van der Waals surface area contributed by atoms with Crippen molar-refractivity contribution in [3.63, 3.8) is 0 Å². The lowest BCUT2D eigenvalue weighted by atomic mass is 9.96. The van der Waals surface area contributed by atoms with Gasteiger partial charge < -0.3 is 44.4 Å². The second-order valence-corrected chi connectivity index (χ2v) is 10.6. The lowest BCUT2D eigenvalue weighted by Crippen LogP contribution is -2.65. The van der Waals surface area contributed by atoms with Gasteiger partial charge in [0.15, 0.2) is 34.0 Å². The predicted molar refractivity (Wildman–Crippen MR) is 140 cm³/mol. The van der Waals surface area contributed by atoms with Crippen LogP contribution in [0, 0.1) is 12.8 Å². The molecule has 0 aliphatic carbocycles. The van der Waals surface area contributed by atoms with Gasteiger partial charge in [-0.05, 0) is 6.92 Å². The first kappa shape index (κ1) is 30.5. The number of oxime groups is 1. The van der Waals surface area contributed by atoms with E-state index in [0.717, 1.165) is 23.1 Å². The van der Waals surface area contributed by atoms with E-state index in [4.69, 9.17) is 29.2 Å². The average Bonchev–Trinajstić information content (AvgIpc) is 3.45. The standard InChI is InChI=1S/C21H22N6O10S2.ClH/c1-9-11(37-20(32)36-9)7-34-17(30)14-15(29)27-5-10(6-35-19(31)26(2)3)21(39-16(14)27,25-13(28)4-23-33)12-8-38-18(22)24-12;/h4-5,8,14,16,33H,6-7H2,1-3H3,(H2,22,24)(H,25,28);1H/b23-4-;/t14-,16+,21?;/m1./s1. The van der Waals surface area contributed by atoms with E-state index in [2.05, 4.69) is 15.5 Å². The zero-order valence-corrected chi connectivity index (χ0v) is 23.5. The highest BCUT2D eigenvalue weighted by molar-refractivity contribution is 8.01. The number of nitrogens with zero attached hydrogens (tertiary/aromatic N) is 4. The number of esters is 1. The summed E-state index contributed by atoms with van der Waals surface area (Å²) in [7, 11) is 2.95. The number of nitrogens with one attached hydrogen (secondary N) is 1. The van der Waals surface area contributed by atoms with Crippen LogP contribution < -0.4 is 16.9 Å². The summed E-state index contributed by atoms with van der Waals surface area (Å²) in [6, 6.07) is 0. The number of carbonyl (C=O) groups is 4. The van der Waals surface area contributed by atoms with Crippen molar-refractivity contribution in [2.75, 3.05) is 26.4 Å². The number of nitrogen functional groups attached to an aromatic ring is 1. The first-order chi connectivity index (χ1) is 18.5. The molecule has 4 N–H and O–H groups in total. The predicted octanol–water partition coefficient (Wildman–Crippen LogP) is 0.588. The number of hydrogen-bond acceptors (Lipinski definition) is 15. The van der Waals surface area contributed by atoms with Crippen LogP contribution in [0.2, 0.25) is 0 Å². The topological polar surface area (TPSA) is 220 Å². The SMILES string of the molecule is Cc1oc(=O)oc1COC(=O)[C@@H]1C(=O)N2C=C(COC(=O)N(C)C)C(NC(=O)/C=N\O)(c3csc(N)n3)S[C@@H]12.Cl. The molecular formula is C21H23ClN6O10S2. The highest BCUT2D eigenvalue weighted by Crippen LogP contribution is 2.53. The minimum Gasteiger partial charge on any atom is -0.457 e. The van der Waals surface area contributed by atoms with Crippen LogP contribution in [0.15, 0.2) is 35.9 Å². The molecule has 2 aromatic rings. The Balaban J connectivity index is 0.00000441. The monoisotopic (exact) mass is 618 g/mol. The largest absolute Gasteiger partial charge is 0.519 e. The molecule has 0 saturated carbocycles. The molecule has 40 heavy (non-hydrogen) atoms. The van der Waals surface area contributed by atoms with Gasteiger partial charge in [-0.3, -0.25) is 14.4 Å². The van der Waals surface area contributed by atoms with Gasteiger partial charge in [-0.2, -0.15) is 0 Å². The van der Waals surface area contributed by atoms with E-state index in [1.54, 1.807) is 5.38 Å². The van der Waals surface area contributed by atoms with Gasteiger partial charge in [0, 0.05) is 31.2 Å². The molecule has 0 spiro atoms. The van der Waals surface area contributed by atoms with Crippen LogP contribution >= 0.6 is 35.5 Å². The summed E-state index contributed by atoms with van der Waals surface area (Å²) in [5.74, 6) is -4.55. The van der Waals surface area contributed by atoms with Crippen LogP contribution in [-0.4, -0.2) is 76.2 Å². The molecule has 0 bridgehead atoms. The Kier molecular flexibility index (Phi) is 9.16. The van der Waals surface area contributed by atoms with Gasteiger partial charge in [0.2, 0.25) is 5.91 Å². The Labute approximate surface area is 239 Å². The number of fused-ring (bicyclic) bond motifs is 1. The number of β-lactam (4-membered cyclic amide) rings is 1. The van der Waals surface area contributed by atoms with E-state index in [9.17, 15) is 24.0 Å². The normalized spacial score (nSPS) is 21.5. The van der Waals surface area contributed by atoms with Crippen molar-refractivity contribution in [1.82, 2.24) is 20.1 Å². The summed E-state index contributed by atoms with van der Waals surface area (Å²) >= 11 is 2.00. The molecule has 1 fully saturated rings. The molecule has 19 heteroatoms. The van der Waals surface area contributed by atoms with Gasteiger partial charge in [-0.15, -0.1) is 23.7 Å². The zero-order chi connectivity index (χ0) is 28.5. The van der Waals surface area contributed by atoms with Crippen molar-refractivity contribution in [3.8, 4) is 0 Å². The number of amides is 3. The third-order valence-electron chi connectivity index (χ3n) is 5.63. The zero-order valence-electron chi connectivity index (χ0n) is 21.0. The Morgan fingerprint density at radius 2 is 2.02 bits per heavy atom. The van der Waals surface area contributed by atoms with Crippen LogP contribution in [0.1, 0.15) is 17.2 Å². The maximum atomic E-state index is 13.0. The first-order valence-electron chi connectivity index (χ1n) is 11.0. The van der Waals surface area contributed by atoms with E-state index >= 15 is 0 Å². The number of halogens is 1. The molecule has 4 heterocycles. The molecule has 16 nitrogen and oxygen atoms in total. The summed E-state index contributed by atoms with van der Waals surface area (Å²) < 4.78 is 20.1. The maximum absolute atomic E-state index is 13.0. The minimum atomic E-state index is -1.60. The van der Waals surface area contributed by atoms with Crippen LogP contribution in [0.4, 0.5) is 9.93 Å². The lowest BCUT2D eigenvalue weighted by molar-refractivity contribution is -0.166. The van der Waals surface area contributed by atoms with Crippen molar-refractivity contribution >= 4 is 70.7 Å². The molecule has 0 radical (unpaired) electrons. The Morgan fingerprint density at radius 1 is 1.30 bits per heavy atom. The Bertz CT molecular complexity index is 1430. The van der Waals surface area contributed by atoms with Crippen LogP contribution in [0.25, 0.3) is 0 Å². The Hall–Kier alpha value is -4.03. The summed E-state index contributed by atoms with van der Waals surface area (Å²) in [4.78, 5) is 67.0. The molecule has 4 rings (SSSR count). The van der Waals surface area contributed by atoms with Gasteiger partial charge in [0.05, 0.1) is 5.69 Å². The number of aromatic nitrogens is 1. The number of rotatable bonds is 8. The van der Waals surface area contributed by atoms with E-state index in [1.165, 1.54) is 37.0 Å². The second kappa shape index (κ2) is 12.0. The molecule has 0 aromatic carbocycles. The molecule has 216 valence electrons. The molecule has 2 aliphatic heterocycles. The van der Waals surface area contributed by atoms with Crippen LogP contribution in [-0.2, 0) is 35.3 Å². The van der Waals surface area contributed by atoms with Gasteiger partial charge >= 0.3 is 17.9 Å². The van der Waals surface area contributed by atoms with Crippen molar-refractivity contribution < 1.29 is 42.7 Å². The number of carbonyl (C=O) groups excluding carboxylic acids is 4. The Morgan fingerprint density at radius 3 is 2.60 bits per heavy atom. The number of thiazole rings is 1. The highest BCUT2D eigenvalue weighted by atomic mass is 35.5. The van der Waals surface area contributed by atoms with Crippen molar-refractivity contribution in [2.45, 2.75) is 23.8 Å². The summed E-state index contributed by atoms with van der Waals surface area (Å²) in [6.07, 6.45) is 1.25. The van der Waals surface area contributed by atoms with Gasteiger partial charge in [-0.1, -0.05) is 16.9 Å². The minimum absolute atomic E-state index is 0. The number of thioether (sulfide) groups is 1.